The quantitative estimate of drug-likeness (QED) is 0.946. The van der Waals surface area contributed by atoms with Crippen LogP contribution in [0.5, 0.6) is 0 Å². The second kappa shape index (κ2) is 4.72. The Morgan fingerprint density at radius 1 is 1.43 bits per heavy atom. The molecule has 1 amide bonds. The van der Waals surface area contributed by atoms with Crippen LogP contribution in [0.15, 0.2) is 24.5 Å². The summed E-state index contributed by atoms with van der Waals surface area (Å²) in [4.78, 5) is 22.1. The smallest absolute Gasteiger partial charge is 0.270 e. The first-order valence-corrected chi connectivity index (χ1v) is 7.94. The summed E-state index contributed by atoms with van der Waals surface area (Å²) in [7, 11) is 0. The number of rotatable bonds is 3. The van der Waals surface area contributed by atoms with Crippen LogP contribution in [0.2, 0.25) is 0 Å². The summed E-state index contributed by atoms with van der Waals surface area (Å²) in [6.45, 7) is 5.03. The zero-order chi connectivity index (χ0) is 16.2. The van der Waals surface area contributed by atoms with Gasteiger partial charge in [-0.2, -0.15) is 5.26 Å². The third-order valence-electron chi connectivity index (χ3n) is 4.81. The summed E-state index contributed by atoms with van der Waals surface area (Å²) in [5, 5.41) is 8.91. The normalized spacial score (nSPS) is 22.5. The highest BCUT2D eigenvalue weighted by Gasteiger charge is 2.51. The van der Waals surface area contributed by atoms with E-state index in [4.69, 9.17) is 5.26 Å². The second-order valence-corrected chi connectivity index (χ2v) is 7.15. The molecule has 23 heavy (non-hydrogen) atoms. The van der Waals surface area contributed by atoms with Crippen molar-refractivity contribution >= 4 is 5.91 Å². The molecular weight excluding hydrogens is 290 g/mol. The Morgan fingerprint density at radius 3 is 2.83 bits per heavy atom. The fourth-order valence-electron chi connectivity index (χ4n) is 3.54. The predicted octanol–water partition coefficient (Wildman–Crippen LogP) is 2.64. The van der Waals surface area contributed by atoms with E-state index in [1.807, 2.05) is 23.4 Å². The first kappa shape index (κ1) is 14.1. The standard InChI is InChI=1S/C17H19N5O/c1-17(2)10-22(16(23)13-6-3-11(9-18)20-13)14(17)15-19-7-8-21(15)12-4-5-12/h3,6-8,12,14,20H,4-5,10H2,1-2H3. The molecule has 1 N–H and O–H groups in total. The van der Waals surface area contributed by atoms with E-state index in [1.54, 1.807) is 12.1 Å². The van der Waals surface area contributed by atoms with Gasteiger partial charge in [-0.25, -0.2) is 4.98 Å². The van der Waals surface area contributed by atoms with Crippen molar-refractivity contribution in [2.45, 2.75) is 38.8 Å². The summed E-state index contributed by atoms with van der Waals surface area (Å²) in [6, 6.07) is 5.85. The molecular formula is C17H19N5O. The molecule has 4 rings (SSSR count). The van der Waals surface area contributed by atoms with Crippen molar-refractivity contribution in [3.8, 4) is 6.07 Å². The summed E-state index contributed by atoms with van der Waals surface area (Å²) in [6.07, 6.45) is 6.22. The number of aromatic nitrogens is 3. The van der Waals surface area contributed by atoms with Crippen molar-refractivity contribution in [2.24, 2.45) is 5.41 Å². The lowest BCUT2D eigenvalue weighted by atomic mass is 9.74. The fourth-order valence-corrected chi connectivity index (χ4v) is 3.54. The summed E-state index contributed by atoms with van der Waals surface area (Å²) >= 11 is 0. The van der Waals surface area contributed by atoms with Crippen molar-refractivity contribution in [1.29, 1.82) is 5.26 Å². The highest BCUT2D eigenvalue weighted by Crippen LogP contribution is 2.50. The predicted molar refractivity (Wildman–Crippen MR) is 83.6 cm³/mol. The van der Waals surface area contributed by atoms with Crippen molar-refractivity contribution in [1.82, 2.24) is 19.4 Å². The van der Waals surface area contributed by atoms with Crippen LogP contribution >= 0.6 is 0 Å². The van der Waals surface area contributed by atoms with Gasteiger partial charge in [-0.05, 0) is 25.0 Å². The number of nitrogens with zero attached hydrogens (tertiary/aromatic N) is 4. The van der Waals surface area contributed by atoms with Gasteiger partial charge in [-0.15, -0.1) is 0 Å². The lowest BCUT2D eigenvalue weighted by Crippen LogP contribution is -2.58. The first-order chi connectivity index (χ1) is 11.0. The van der Waals surface area contributed by atoms with Gasteiger partial charge in [0.2, 0.25) is 0 Å². The van der Waals surface area contributed by atoms with Crippen molar-refractivity contribution in [3.63, 3.8) is 0 Å². The highest BCUT2D eigenvalue weighted by atomic mass is 16.2. The van der Waals surface area contributed by atoms with Crippen LogP contribution in [-0.4, -0.2) is 31.9 Å². The molecule has 2 aliphatic rings. The van der Waals surface area contributed by atoms with Gasteiger partial charge in [0.25, 0.3) is 5.91 Å². The van der Waals surface area contributed by atoms with E-state index in [2.05, 4.69) is 28.4 Å². The van der Waals surface area contributed by atoms with Crippen LogP contribution in [0.4, 0.5) is 0 Å². The molecule has 0 aromatic carbocycles. The number of aromatic amines is 1. The number of amides is 1. The molecule has 2 fully saturated rings. The van der Waals surface area contributed by atoms with Gasteiger partial charge >= 0.3 is 0 Å². The van der Waals surface area contributed by atoms with Gasteiger partial charge in [0.1, 0.15) is 23.3 Å². The number of hydrogen-bond donors (Lipinski definition) is 1. The lowest BCUT2D eigenvalue weighted by molar-refractivity contribution is -0.0382. The molecule has 2 aromatic rings. The third-order valence-corrected chi connectivity index (χ3v) is 4.81. The number of H-pyrrole nitrogens is 1. The van der Waals surface area contributed by atoms with Crippen molar-refractivity contribution < 1.29 is 4.79 Å². The molecule has 118 valence electrons. The van der Waals surface area contributed by atoms with Gasteiger partial charge < -0.3 is 14.5 Å². The summed E-state index contributed by atoms with van der Waals surface area (Å²) in [5.74, 6) is 0.908. The van der Waals surface area contributed by atoms with Crippen LogP contribution < -0.4 is 0 Å². The second-order valence-electron chi connectivity index (χ2n) is 7.15. The highest BCUT2D eigenvalue weighted by molar-refractivity contribution is 5.93. The zero-order valence-electron chi connectivity index (χ0n) is 13.3. The summed E-state index contributed by atoms with van der Waals surface area (Å²) < 4.78 is 2.22. The molecule has 6 nitrogen and oxygen atoms in total. The molecule has 0 radical (unpaired) electrons. The number of likely N-dealkylation sites (tertiary alicyclic amines) is 1. The lowest BCUT2D eigenvalue weighted by Gasteiger charge is -2.53. The number of nitrogens with one attached hydrogen (secondary N) is 1. The summed E-state index contributed by atoms with van der Waals surface area (Å²) in [5.41, 5.74) is 0.869. The molecule has 1 atom stereocenters. The molecule has 0 spiro atoms. The minimum absolute atomic E-state index is 0.00168. The Morgan fingerprint density at radius 2 is 2.22 bits per heavy atom. The topological polar surface area (TPSA) is 77.7 Å². The fraction of sp³-hybridized carbons (Fsp3) is 0.471. The molecule has 3 heterocycles. The maximum atomic E-state index is 12.8. The molecule has 1 aliphatic heterocycles. The number of nitriles is 1. The Labute approximate surface area is 134 Å². The van der Waals surface area contributed by atoms with E-state index in [1.165, 1.54) is 12.8 Å². The van der Waals surface area contributed by atoms with Crippen LogP contribution in [0, 0.1) is 16.7 Å². The average molecular weight is 309 g/mol. The van der Waals surface area contributed by atoms with E-state index in [9.17, 15) is 4.79 Å². The van der Waals surface area contributed by atoms with Gasteiger partial charge in [0.15, 0.2) is 0 Å². The first-order valence-electron chi connectivity index (χ1n) is 7.94. The van der Waals surface area contributed by atoms with Gasteiger partial charge in [-0.1, -0.05) is 13.8 Å². The van der Waals surface area contributed by atoms with Gasteiger partial charge in [-0.3, -0.25) is 4.79 Å². The number of imidazole rings is 1. The largest absolute Gasteiger partial charge is 0.342 e. The van der Waals surface area contributed by atoms with Crippen LogP contribution in [0.25, 0.3) is 0 Å². The Hall–Kier alpha value is -2.55. The molecule has 0 bridgehead atoms. The molecule has 6 heteroatoms. The van der Waals surface area contributed by atoms with E-state index in [0.29, 0.717) is 24.0 Å². The zero-order valence-corrected chi connectivity index (χ0v) is 13.3. The number of carbonyl (C=O) groups excluding carboxylic acids is 1. The Balaban J connectivity index is 1.65. The number of carbonyl (C=O) groups is 1. The van der Waals surface area contributed by atoms with E-state index >= 15 is 0 Å². The Kier molecular flexibility index (Phi) is 2.89. The van der Waals surface area contributed by atoms with Crippen LogP contribution in [-0.2, 0) is 0 Å². The average Bonchev–Trinajstić information content (AvgIpc) is 3.06. The Bertz CT molecular complexity index is 805. The molecule has 1 aliphatic carbocycles. The molecule has 1 saturated carbocycles. The van der Waals surface area contributed by atoms with E-state index in [-0.39, 0.29) is 17.4 Å². The third kappa shape index (κ3) is 2.15. The van der Waals surface area contributed by atoms with Crippen LogP contribution in [0.3, 0.4) is 0 Å². The SMILES string of the molecule is CC1(C)CN(C(=O)c2ccc(C#N)[nH]2)C1c1nccn1C1CC1. The maximum Gasteiger partial charge on any atom is 0.270 e. The van der Waals surface area contributed by atoms with E-state index in [0.717, 1.165) is 5.82 Å². The van der Waals surface area contributed by atoms with Crippen molar-refractivity contribution in [2.75, 3.05) is 6.54 Å². The van der Waals surface area contributed by atoms with E-state index < -0.39 is 0 Å². The maximum absolute atomic E-state index is 12.8. The van der Waals surface area contributed by atoms with Gasteiger partial charge in [0, 0.05) is 30.4 Å². The molecule has 1 unspecified atom stereocenters. The van der Waals surface area contributed by atoms with Crippen molar-refractivity contribution in [3.05, 3.63) is 41.7 Å². The van der Waals surface area contributed by atoms with Gasteiger partial charge in [0.05, 0.1) is 6.04 Å². The monoisotopic (exact) mass is 309 g/mol. The number of hydrogen-bond acceptors (Lipinski definition) is 3. The molecule has 2 aromatic heterocycles. The van der Waals surface area contributed by atoms with Crippen LogP contribution in [0.1, 0.15) is 60.8 Å². The minimum Gasteiger partial charge on any atom is -0.342 e. The molecule has 1 saturated heterocycles. The minimum atomic E-state index is -0.0684.